The Hall–Kier alpha value is -2.31. The molecule has 0 fully saturated rings. The molecule has 3 rings (SSSR count). The van der Waals surface area contributed by atoms with Crippen molar-refractivity contribution in [2.24, 2.45) is 0 Å². The number of anilines is 1. The van der Waals surface area contributed by atoms with Crippen LogP contribution in [-0.2, 0) is 4.79 Å². The standard InChI is InChI=1S/C16H12ClN3O2S/c1-9(21)18-16-19-14-7-6-12(8-13(14)15(22)20-16)23-11-4-2-10(17)3-5-11/h2-8H,1H3,(H2,18,19,20,21,22). The maximum absolute atomic E-state index is 12.2. The van der Waals surface area contributed by atoms with Crippen molar-refractivity contribution >= 4 is 46.1 Å². The van der Waals surface area contributed by atoms with Crippen molar-refractivity contribution in [3.8, 4) is 0 Å². The Morgan fingerprint density at radius 2 is 1.87 bits per heavy atom. The molecule has 0 aliphatic carbocycles. The van der Waals surface area contributed by atoms with Crippen LogP contribution in [0.25, 0.3) is 10.9 Å². The number of fused-ring (bicyclic) bond motifs is 1. The van der Waals surface area contributed by atoms with E-state index in [9.17, 15) is 9.59 Å². The summed E-state index contributed by atoms with van der Waals surface area (Å²) in [6, 6.07) is 12.9. The van der Waals surface area contributed by atoms with Crippen LogP contribution >= 0.6 is 23.4 Å². The molecule has 116 valence electrons. The van der Waals surface area contributed by atoms with E-state index in [4.69, 9.17) is 11.6 Å². The molecule has 5 nitrogen and oxygen atoms in total. The SMILES string of the molecule is CC(=O)Nc1nc2ccc(Sc3ccc(Cl)cc3)cc2c(=O)[nH]1. The molecule has 0 atom stereocenters. The summed E-state index contributed by atoms with van der Waals surface area (Å²) in [5.74, 6) is -0.143. The highest BCUT2D eigenvalue weighted by molar-refractivity contribution is 7.99. The van der Waals surface area contributed by atoms with Gasteiger partial charge in [0, 0.05) is 21.7 Å². The molecule has 0 spiro atoms. The number of hydrogen-bond donors (Lipinski definition) is 2. The van der Waals surface area contributed by atoms with Crippen molar-refractivity contribution in [1.82, 2.24) is 9.97 Å². The van der Waals surface area contributed by atoms with Gasteiger partial charge < -0.3 is 0 Å². The van der Waals surface area contributed by atoms with E-state index >= 15 is 0 Å². The predicted octanol–water partition coefficient (Wildman–Crippen LogP) is 3.69. The van der Waals surface area contributed by atoms with Crippen LogP contribution in [0.5, 0.6) is 0 Å². The van der Waals surface area contributed by atoms with Crippen molar-refractivity contribution in [3.63, 3.8) is 0 Å². The van der Waals surface area contributed by atoms with Crippen molar-refractivity contribution in [3.05, 3.63) is 57.8 Å². The van der Waals surface area contributed by atoms with E-state index in [-0.39, 0.29) is 17.4 Å². The Morgan fingerprint density at radius 3 is 2.57 bits per heavy atom. The third-order valence-corrected chi connectivity index (χ3v) is 4.27. The maximum atomic E-state index is 12.2. The second-order valence-corrected chi connectivity index (χ2v) is 6.41. The summed E-state index contributed by atoms with van der Waals surface area (Å²) in [5, 5.41) is 3.62. The van der Waals surface area contributed by atoms with Gasteiger partial charge in [0.1, 0.15) is 0 Å². The summed E-state index contributed by atoms with van der Waals surface area (Å²) in [6.45, 7) is 1.36. The van der Waals surface area contributed by atoms with Gasteiger partial charge in [-0.2, -0.15) is 0 Å². The molecule has 0 radical (unpaired) electrons. The largest absolute Gasteiger partial charge is 0.296 e. The summed E-state index contributed by atoms with van der Waals surface area (Å²) >= 11 is 7.40. The molecule has 0 saturated carbocycles. The molecule has 0 aliphatic heterocycles. The van der Waals surface area contributed by atoms with Crippen molar-refractivity contribution < 1.29 is 4.79 Å². The molecule has 1 heterocycles. The van der Waals surface area contributed by atoms with Crippen LogP contribution in [0.2, 0.25) is 5.02 Å². The first-order valence-electron chi connectivity index (χ1n) is 6.76. The van der Waals surface area contributed by atoms with E-state index in [2.05, 4.69) is 15.3 Å². The number of halogens is 1. The molecule has 7 heteroatoms. The van der Waals surface area contributed by atoms with Gasteiger partial charge in [0.15, 0.2) is 0 Å². The minimum absolute atomic E-state index is 0.146. The van der Waals surface area contributed by atoms with Crippen LogP contribution in [0.1, 0.15) is 6.92 Å². The summed E-state index contributed by atoms with van der Waals surface area (Å²) in [7, 11) is 0. The molecule has 0 saturated heterocycles. The van der Waals surface area contributed by atoms with E-state index in [1.807, 2.05) is 30.3 Å². The van der Waals surface area contributed by atoms with Gasteiger partial charge in [-0.05, 0) is 42.5 Å². The van der Waals surface area contributed by atoms with Crippen molar-refractivity contribution in [2.75, 3.05) is 5.32 Å². The normalized spacial score (nSPS) is 10.7. The van der Waals surface area contributed by atoms with Gasteiger partial charge >= 0.3 is 0 Å². The third kappa shape index (κ3) is 3.72. The number of benzene rings is 2. The van der Waals surface area contributed by atoms with Crippen LogP contribution in [0.3, 0.4) is 0 Å². The summed E-state index contributed by atoms with van der Waals surface area (Å²) in [4.78, 5) is 31.9. The molecule has 2 aromatic carbocycles. The molecule has 2 N–H and O–H groups in total. The second kappa shape index (κ2) is 6.44. The number of H-pyrrole nitrogens is 1. The van der Waals surface area contributed by atoms with E-state index in [1.54, 1.807) is 12.1 Å². The lowest BCUT2D eigenvalue weighted by molar-refractivity contribution is -0.114. The number of aromatic nitrogens is 2. The van der Waals surface area contributed by atoms with Gasteiger partial charge in [0.05, 0.1) is 10.9 Å². The lowest BCUT2D eigenvalue weighted by atomic mass is 10.2. The van der Waals surface area contributed by atoms with Gasteiger partial charge in [0.2, 0.25) is 11.9 Å². The lowest BCUT2D eigenvalue weighted by Gasteiger charge is -2.05. The first kappa shape index (κ1) is 15.6. The molecular formula is C16H12ClN3O2S. The number of nitrogens with one attached hydrogen (secondary N) is 2. The summed E-state index contributed by atoms with van der Waals surface area (Å²) < 4.78 is 0. The van der Waals surface area contributed by atoms with Gasteiger partial charge in [-0.3, -0.25) is 19.9 Å². The zero-order valence-electron chi connectivity index (χ0n) is 12.1. The van der Waals surface area contributed by atoms with Crippen molar-refractivity contribution in [2.45, 2.75) is 16.7 Å². The lowest BCUT2D eigenvalue weighted by Crippen LogP contribution is -2.16. The number of amides is 1. The topological polar surface area (TPSA) is 74.8 Å². The average Bonchev–Trinajstić information content (AvgIpc) is 2.50. The number of carbonyl (C=O) groups excluding carboxylic acids is 1. The number of hydrogen-bond acceptors (Lipinski definition) is 4. The van der Waals surface area contributed by atoms with Gasteiger partial charge in [-0.1, -0.05) is 23.4 Å². The first-order valence-corrected chi connectivity index (χ1v) is 7.96. The molecule has 3 aromatic rings. The molecule has 0 aliphatic rings. The van der Waals surface area contributed by atoms with Crippen molar-refractivity contribution in [1.29, 1.82) is 0 Å². The molecule has 0 unspecified atom stereocenters. The van der Waals surface area contributed by atoms with Crippen LogP contribution in [0, 0.1) is 0 Å². The van der Waals surface area contributed by atoms with E-state index in [0.29, 0.717) is 15.9 Å². The van der Waals surface area contributed by atoms with Gasteiger partial charge in [-0.25, -0.2) is 4.98 Å². The highest BCUT2D eigenvalue weighted by atomic mass is 35.5. The van der Waals surface area contributed by atoms with E-state index in [1.165, 1.54) is 18.7 Å². The Balaban J connectivity index is 1.95. The second-order valence-electron chi connectivity index (χ2n) is 4.83. The minimum Gasteiger partial charge on any atom is -0.296 e. The van der Waals surface area contributed by atoms with Crippen LogP contribution in [0.4, 0.5) is 5.95 Å². The fourth-order valence-corrected chi connectivity index (χ4v) is 3.03. The zero-order valence-corrected chi connectivity index (χ0v) is 13.7. The molecular weight excluding hydrogens is 334 g/mol. The first-order chi connectivity index (χ1) is 11.0. The third-order valence-electron chi connectivity index (χ3n) is 3.02. The number of nitrogens with zero attached hydrogens (tertiary/aromatic N) is 1. The maximum Gasteiger partial charge on any atom is 0.260 e. The fraction of sp³-hybridized carbons (Fsp3) is 0.0625. The number of rotatable bonds is 3. The summed E-state index contributed by atoms with van der Waals surface area (Å²) in [6.07, 6.45) is 0. The molecule has 1 amide bonds. The van der Waals surface area contributed by atoms with Crippen LogP contribution < -0.4 is 10.9 Å². The molecule has 1 aromatic heterocycles. The Kier molecular flexibility index (Phi) is 4.36. The Morgan fingerprint density at radius 1 is 1.17 bits per heavy atom. The molecule has 23 heavy (non-hydrogen) atoms. The van der Waals surface area contributed by atoms with Crippen LogP contribution in [-0.4, -0.2) is 15.9 Å². The number of carbonyl (C=O) groups is 1. The highest BCUT2D eigenvalue weighted by Gasteiger charge is 2.07. The monoisotopic (exact) mass is 345 g/mol. The van der Waals surface area contributed by atoms with Gasteiger partial charge in [-0.15, -0.1) is 0 Å². The summed E-state index contributed by atoms with van der Waals surface area (Å²) in [5.41, 5.74) is 0.232. The van der Waals surface area contributed by atoms with E-state index in [0.717, 1.165) is 9.79 Å². The number of aromatic amines is 1. The quantitative estimate of drug-likeness (QED) is 0.759. The average molecular weight is 346 g/mol. The Bertz CT molecular complexity index is 938. The predicted molar refractivity (Wildman–Crippen MR) is 92.2 cm³/mol. The molecule has 0 bridgehead atoms. The van der Waals surface area contributed by atoms with Gasteiger partial charge in [0.25, 0.3) is 5.56 Å². The fourth-order valence-electron chi connectivity index (χ4n) is 2.05. The Labute approximate surface area is 141 Å². The zero-order chi connectivity index (χ0) is 16.4. The minimum atomic E-state index is -0.294. The smallest absolute Gasteiger partial charge is 0.260 e. The van der Waals surface area contributed by atoms with E-state index < -0.39 is 0 Å². The van der Waals surface area contributed by atoms with Crippen LogP contribution in [0.15, 0.2) is 57.1 Å². The highest BCUT2D eigenvalue weighted by Crippen LogP contribution is 2.29.